The van der Waals surface area contributed by atoms with Crippen molar-refractivity contribution in [2.24, 2.45) is 11.8 Å². The first kappa shape index (κ1) is 29.7. The molecule has 0 aliphatic carbocycles. The number of aliphatic carboxylic acids is 2. The Kier molecular flexibility index (Phi) is 14.4. The monoisotopic (exact) mass is 464 g/mol. The average molecular weight is 465 g/mol. The van der Waals surface area contributed by atoms with Crippen LogP contribution in [0.2, 0.25) is 0 Å². The average Bonchev–Trinajstić information content (AvgIpc) is 2.64. The number of carbonyl (C=O) groups is 4. The third-order valence-corrected chi connectivity index (χ3v) is 4.08. The molecule has 0 aliphatic heterocycles. The number of carbonyl (C=O) groups excluding carboxylic acids is 2. The maximum atomic E-state index is 12.3. The summed E-state index contributed by atoms with van der Waals surface area (Å²) in [6, 6.07) is 0. The molecule has 0 aliphatic rings. The lowest BCUT2D eigenvalue weighted by Crippen LogP contribution is -2.54. The molecule has 6 N–H and O–H groups in total. The van der Waals surface area contributed by atoms with Crippen molar-refractivity contribution in [3.05, 3.63) is 0 Å². The molecule has 2 unspecified atom stereocenters. The van der Waals surface area contributed by atoms with E-state index in [4.69, 9.17) is 19.7 Å². The third-order valence-electron chi connectivity index (χ3n) is 4.08. The van der Waals surface area contributed by atoms with Crippen molar-refractivity contribution < 1.29 is 49.1 Å². The van der Waals surface area contributed by atoms with E-state index in [9.17, 15) is 29.4 Å². The Balaban J connectivity index is 4.92. The lowest BCUT2D eigenvalue weighted by molar-refractivity contribution is -0.152. The quantitative estimate of drug-likeness (QED) is 0.155. The van der Waals surface area contributed by atoms with E-state index >= 15 is 0 Å². The number of hydrogen-bond donors (Lipinski definition) is 6. The van der Waals surface area contributed by atoms with E-state index in [0.717, 1.165) is 0 Å². The molecular formula is C20H36N2O10. The largest absolute Gasteiger partial charge is 0.481 e. The van der Waals surface area contributed by atoms with E-state index in [1.807, 2.05) is 27.7 Å². The molecule has 0 spiro atoms. The molecule has 0 rings (SSSR count). The van der Waals surface area contributed by atoms with Gasteiger partial charge in [-0.1, -0.05) is 27.7 Å². The molecule has 0 aromatic carbocycles. The van der Waals surface area contributed by atoms with Gasteiger partial charge < -0.3 is 40.5 Å². The van der Waals surface area contributed by atoms with Crippen LogP contribution in [0, 0.1) is 11.8 Å². The van der Waals surface area contributed by atoms with Gasteiger partial charge in [0, 0.05) is 0 Å². The summed E-state index contributed by atoms with van der Waals surface area (Å²) in [5.41, 5.74) is 0. The fourth-order valence-corrected chi connectivity index (χ4v) is 2.55. The molecule has 0 saturated heterocycles. The number of carboxylic acids is 2. The topological polar surface area (TPSA) is 192 Å². The molecule has 0 heterocycles. The van der Waals surface area contributed by atoms with Crippen LogP contribution in [0.15, 0.2) is 0 Å². The smallest absolute Gasteiger partial charge is 0.305 e. The Labute approximate surface area is 187 Å². The first-order chi connectivity index (χ1) is 14.8. The minimum atomic E-state index is -2.12. The van der Waals surface area contributed by atoms with E-state index in [1.54, 1.807) is 0 Å². The van der Waals surface area contributed by atoms with Crippen LogP contribution in [0.25, 0.3) is 0 Å². The molecule has 12 heteroatoms. The fraction of sp³-hybridized carbons (Fsp3) is 0.800. The van der Waals surface area contributed by atoms with Crippen molar-refractivity contribution >= 4 is 23.8 Å². The molecule has 0 aromatic rings. The summed E-state index contributed by atoms with van der Waals surface area (Å²) >= 11 is 0. The Morgan fingerprint density at radius 3 is 1.25 bits per heavy atom. The Morgan fingerprint density at radius 1 is 0.688 bits per heavy atom. The SMILES string of the molecule is CC(C)CC(NC(=O)[C@@H](O)[C@H](O)C(=O)NC(CC(C)C)OCCC(=O)O)OCCC(=O)O. The summed E-state index contributed by atoms with van der Waals surface area (Å²) in [6.45, 7) is 7.04. The van der Waals surface area contributed by atoms with E-state index < -0.39 is 48.4 Å². The number of carboxylic acid groups (broad SMARTS) is 2. The highest BCUT2D eigenvalue weighted by Gasteiger charge is 2.33. The zero-order valence-electron chi connectivity index (χ0n) is 18.9. The summed E-state index contributed by atoms with van der Waals surface area (Å²) in [5, 5.41) is 42.3. The molecule has 0 aromatic heterocycles. The van der Waals surface area contributed by atoms with Crippen molar-refractivity contribution in [1.82, 2.24) is 10.6 Å². The van der Waals surface area contributed by atoms with Crippen molar-refractivity contribution in [2.75, 3.05) is 13.2 Å². The van der Waals surface area contributed by atoms with Crippen molar-refractivity contribution in [3.63, 3.8) is 0 Å². The minimum Gasteiger partial charge on any atom is -0.481 e. The van der Waals surface area contributed by atoms with Gasteiger partial charge in [0.15, 0.2) is 12.2 Å². The number of aliphatic hydroxyl groups is 2. The Hall–Kier alpha value is -2.28. The fourth-order valence-electron chi connectivity index (χ4n) is 2.55. The molecule has 0 radical (unpaired) electrons. The summed E-state index contributed by atoms with van der Waals surface area (Å²) in [4.78, 5) is 45.8. The predicted molar refractivity (Wildman–Crippen MR) is 111 cm³/mol. The molecule has 12 nitrogen and oxygen atoms in total. The van der Waals surface area contributed by atoms with Crippen LogP contribution < -0.4 is 10.6 Å². The zero-order chi connectivity index (χ0) is 24.8. The Morgan fingerprint density at radius 2 is 1.00 bits per heavy atom. The number of hydrogen-bond acceptors (Lipinski definition) is 8. The normalized spacial score (nSPS) is 15.1. The molecule has 0 fully saturated rings. The van der Waals surface area contributed by atoms with Gasteiger partial charge in [0.2, 0.25) is 0 Å². The van der Waals surface area contributed by atoms with Gasteiger partial charge >= 0.3 is 11.9 Å². The molecule has 4 atom stereocenters. The van der Waals surface area contributed by atoms with Crippen LogP contribution in [0.4, 0.5) is 0 Å². The maximum Gasteiger partial charge on any atom is 0.305 e. The van der Waals surface area contributed by atoms with Crippen LogP contribution in [0.1, 0.15) is 53.4 Å². The van der Waals surface area contributed by atoms with Gasteiger partial charge in [0.25, 0.3) is 11.8 Å². The first-order valence-corrected chi connectivity index (χ1v) is 10.5. The van der Waals surface area contributed by atoms with E-state index in [0.29, 0.717) is 12.8 Å². The highest BCUT2D eigenvalue weighted by molar-refractivity contribution is 5.90. The molecule has 0 saturated carbocycles. The van der Waals surface area contributed by atoms with E-state index in [-0.39, 0.29) is 37.9 Å². The molecule has 2 amide bonds. The first-order valence-electron chi connectivity index (χ1n) is 10.5. The lowest BCUT2D eigenvalue weighted by Gasteiger charge is -2.25. The van der Waals surface area contributed by atoms with Gasteiger partial charge in [-0.05, 0) is 24.7 Å². The van der Waals surface area contributed by atoms with Gasteiger partial charge in [-0.3, -0.25) is 19.2 Å². The number of ether oxygens (including phenoxy) is 2. The minimum absolute atomic E-state index is 0.0650. The Bertz CT molecular complexity index is 559. The van der Waals surface area contributed by atoms with Crippen LogP contribution in [-0.4, -0.2) is 82.1 Å². The summed E-state index contributed by atoms with van der Waals surface area (Å²) < 4.78 is 10.6. The number of amides is 2. The van der Waals surface area contributed by atoms with Crippen LogP contribution >= 0.6 is 0 Å². The summed E-state index contributed by atoms with van der Waals surface area (Å²) in [7, 11) is 0. The van der Waals surface area contributed by atoms with E-state index in [1.165, 1.54) is 0 Å². The van der Waals surface area contributed by atoms with Crippen LogP contribution in [0.3, 0.4) is 0 Å². The second-order valence-corrected chi connectivity index (χ2v) is 8.17. The third kappa shape index (κ3) is 13.9. The second-order valence-electron chi connectivity index (χ2n) is 8.17. The summed E-state index contributed by atoms with van der Waals surface area (Å²) in [5.74, 6) is -4.16. The summed E-state index contributed by atoms with van der Waals surface area (Å²) in [6.07, 6.45) is -6.01. The highest BCUT2D eigenvalue weighted by Crippen LogP contribution is 2.09. The zero-order valence-corrected chi connectivity index (χ0v) is 18.9. The van der Waals surface area contributed by atoms with Gasteiger partial charge in [-0.25, -0.2) is 0 Å². The van der Waals surface area contributed by atoms with Gasteiger partial charge in [0.1, 0.15) is 12.5 Å². The molecule has 32 heavy (non-hydrogen) atoms. The maximum absolute atomic E-state index is 12.3. The molecule has 186 valence electrons. The van der Waals surface area contributed by atoms with Gasteiger partial charge in [-0.15, -0.1) is 0 Å². The standard InChI is InChI=1S/C20H36N2O10/c1-11(2)9-13(31-7-5-15(23)24)21-19(29)17(27)18(28)20(30)22-14(10-12(3)4)32-8-6-16(25)26/h11-14,17-18,27-28H,5-10H2,1-4H3,(H,21,29)(H,22,30)(H,23,24)(H,25,26)/t13?,14?,17-,18-/m0/s1. The van der Waals surface area contributed by atoms with Crippen molar-refractivity contribution in [3.8, 4) is 0 Å². The van der Waals surface area contributed by atoms with Crippen molar-refractivity contribution in [2.45, 2.75) is 78.0 Å². The number of aliphatic hydroxyl groups excluding tert-OH is 2. The predicted octanol–water partition coefficient (Wildman–Crippen LogP) is -0.332. The lowest BCUT2D eigenvalue weighted by atomic mass is 10.1. The van der Waals surface area contributed by atoms with Crippen LogP contribution in [-0.2, 0) is 28.7 Å². The second kappa shape index (κ2) is 15.5. The van der Waals surface area contributed by atoms with Gasteiger partial charge in [-0.2, -0.15) is 0 Å². The van der Waals surface area contributed by atoms with Crippen LogP contribution in [0.5, 0.6) is 0 Å². The molecule has 0 bridgehead atoms. The number of rotatable bonds is 17. The van der Waals surface area contributed by atoms with E-state index in [2.05, 4.69) is 10.6 Å². The van der Waals surface area contributed by atoms with Gasteiger partial charge in [0.05, 0.1) is 26.1 Å². The van der Waals surface area contributed by atoms with Crippen molar-refractivity contribution in [1.29, 1.82) is 0 Å². The molecular weight excluding hydrogens is 428 g/mol. The number of nitrogens with one attached hydrogen (secondary N) is 2. The highest BCUT2D eigenvalue weighted by atomic mass is 16.5.